The van der Waals surface area contributed by atoms with Crippen molar-refractivity contribution in [2.45, 2.75) is 27.4 Å². The minimum Gasteiger partial charge on any atom is -0.489 e. The highest BCUT2D eigenvalue weighted by Crippen LogP contribution is 2.27. The van der Waals surface area contributed by atoms with E-state index < -0.39 is 17.8 Å². The van der Waals surface area contributed by atoms with Crippen molar-refractivity contribution in [2.75, 3.05) is 4.90 Å². The summed E-state index contributed by atoms with van der Waals surface area (Å²) >= 11 is 0. The second kappa shape index (κ2) is 9.74. The number of benzene rings is 4. The number of ether oxygens (including phenoxy) is 1. The lowest BCUT2D eigenvalue weighted by Gasteiger charge is -2.27. The molecular weight excluding hydrogens is 464 g/mol. The van der Waals surface area contributed by atoms with Gasteiger partial charge in [-0.25, -0.2) is 9.69 Å². The molecule has 1 fully saturated rings. The second-order valence-electron chi connectivity index (χ2n) is 9.19. The number of amides is 4. The van der Waals surface area contributed by atoms with Crippen LogP contribution in [0, 0.1) is 20.8 Å². The molecule has 5 rings (SSSR count). The van der Waals surface area contributed by atoms with Gasteiger partial charge in [0, 0.05) is 5.56 Å². The summed E-state index contributed by atoms with van der Waals surface area (Å²) in [5.41, 5.74) is 5.03. The maximum atomic E-state index is 13.2. The summed E-state index contributed by atoms with van der Waals surface area (Å²) in [5, 5.41) is 4.60. The van der Waals surface area contributed by atoms with E-state index in [9.17, 15) is 14.4 Å². The third-order valence-corrected chi connectivity index (χ3v) is 6.54. The Morgan fingerprint density at radius 1 is 0.838 bits per heavy atom. The van der Waals surface area contributed by atoms with Crippen LogP contribution in [0.5, 0.6) is 5.75 Å². The Balaban J connectivity index is 1.36. The highest BCUT2D eigenvalue weighted by molar-refractivity contribution is 6.39. The number of hydrogen-bond donors (Lipinski definition) is 1. The number of rotatable bonds is 5. The Morgan fingerprint density at radius 2 is 1.59 bits per heavy atom. The van der Waals surface area contributed by atoms with E-state index in [4.69, 9.17) is 4.74 Å². The first-order valence-electron chi connectivity index (χ1n) is 12.0. The molecule has 0 spiro atoms. The van der Waals surface area contributed by atoms with Crippen LogP contribution in [0.4, 0.5) is 10.5 Å². The Kier molecular flexibility index (Phi) is 6.32. The first kappa shape index (κ1) is 24.0. The fourth-order valence-electron chi connectivity index (χ4n) is 4.55. The third-order valence-electron chi connectivity index (χ3n) is 6.54. The molecule has 1 N–H and O–H groups in total. The lowest BCUT2D eigenvalue weighted by Crippen LogP contribution is -2.54. The zero-order chi connectivity index (χ0) is 26.1. The number of imide groups is 2. The third kappa shape index (κ3) is 4.74. The van der Waals surface area contributed by atoms with E-state index in [-0.39, 0.29) is 5.57 Å². The van der Waals surface area contributed by atoms with Crippen LogP contribution in [0.1, 0.15) is 27.8 Å². The van der Waals surface area contributed by atoms with E-state index >= 15 is 0 Å². The molecule has 6 nitrogen and oxygen atoms in total. The summed E-state index contributed by atoms with van der Waals surface area (Å²) in [6, 6.07) is 24.2. The number of barbiturate groups is 1. The summed E-state index contributed by atoms with van der Waals surface area (Å²) in [5.74, 6) is -0.712. The Labute approximate surface area is 215 Å². The van der Waals surface area contributed by atoms with E-state index in [1.807, 2.05) is 38.1 Å². The van der Waals surface area contributed by atoms with Gasteiger partial charge in [-0.15, -0.1) is 0 Å². The molecule has 4 aromatic rings. The average Bonchev–Trinajstić information content (AvgIpc) is 2.88. The molecule has 0 unspecified atom stereocenters. The van der Waals surface area contributed by atoms with Gasteiger partial charge in [-0.05, 0) is 72.5 Å². The van der Waals surface area contributed by atoms with Crippen molar-refractivity contribution in [2.24, 2.45) is 0 Å². The second-order valence-corrected chi connectivity index (χ2v) is 9.19. The van der Waals surface area contributed by atoms with Crippen LogP contribution in [0.25, 0.3) is 16.8 Å². The van der Waals surface area contributed by atoms with E-state index in [2.05, 4.69) is 36.5 Å². The molecule has 1 aliphatic heterocycles. The molecule has 0 atom stereocenters. The predicted molar refractivity (Wildman–Crippen MR) is 144 cm³/mol. The van der Waals surface area contributed by atoms with Gasteiger partial charge in [0.1, 0.15) is 17.9 Å². The van der Waals surface area contributed by atoms with E-state index in [1.165, 1.54) is 6.08 Å². The summed E-state index contributed by atoms with van der Waals surface area (Å²) in [4.78, 5) is 39.3. The van der Waals surface area contributed by atoms with Gasteiger partial charge in [0.15, 0.2) is 0 Å². The maximum absolute atomic E-state index is 13.2. The fourth-order valence-corrected chi connectivity index (χ4v) is 4.55. The minimum absolute atomic E-state index is 0.111. The highest BCUT2D eigenvalue weighted by Gasteiger charge is 2.37. The smallest absolute Gasteiger partial charge is 0.335 e. The van der Waals surface area contributed by atoms with Crippen LogP contribution in [0.15, 0.2) is 84.4 Å². The van der Waals surface area contributed by atoms with Crippen molar-refractivity contribution in [3.8, 4) is 5.75 Å². The molecule has 1 aliphatic rings. The number of carbonyl (C=O) groups is 3. The van der Waals surface area contributed by atoms with Crippen LogP contribution in [-0.4, -0.2) is 17.8 Å². The Bertz CT molecular complexity index is 1590. The van der Waals surface area contributed by atoms with Crippen LogP contribution in [0.2, 0.25) is 0 Å². The normalized spacial score (nSPS) is 14.8. The number of carbonyl (C=O) groups excluding carboxylic acids is 3. The molecule has 184 valence electrons. The largest absolute Gasteiger partial charge is 0.489 e. The molecule has 1 saturated heterocycles. The number of nitrogens with zero attached hydrogens (tertiary/aromatic N) is 1. The first-order valence-corrected chi connectivity index (χ1v) is 12.0. The van der Waals surface area contributed by atoms with Gasteiger partial charge in [0.25, 0.3) is 11.8 Å². The Morgan fingerprint density at radius 3 is 2.35 bits per heavy atom. The zero-order valence-electron chi connectivity index (χ0n) is 20.9. The van der Waals surface area contributed by atoms with Crippen LogP contribution in [-0.2, 0) is 16.2 Å². The molecule has 0 aliphatic carbocycles. The van der Waals surface area contributed by atoms with Crippen molar-refractivity contribution in [3.63, 3.8) is 0 Å². The van der Waals surface area contributed by atoms with Crippen LogP contribution >= 0.6 is 0 Å². The van der Waals surface area contributed by atoms with E-state index in [0.717, 1.165) is 37.9 Å². The minimum atomic E-state index is -0.758. The lowest BCUT2D eigenvalue weighted by atomic mass is 10.0. The Hall–Kier alpha value is -4.71. The average molecular weight is 491 g/mol. The SMILES string of the molecule is Cc1ccc(N2C(=O)NC(=O)/C(=C\c3ccc(OCc4c(C)ccc5ccccc45)cc3)C2=O)c(C)c1. The summed E-state index contributed by atoms with van der Waals surface area (Å²) in [7, 11) is 0. The van der Waals surface area contributed by atoms with E-state index in [0.29, 0.717) is 23.6 Å². The molecular formula is C31H26N2O4. The lowest BCUT2D eigenvalue weighted by molar-refractivity contribution is -0.122. The van der Waals surface area contributed by atoms with Gasteiger partial charge in [-0.2, -0.15) is 0 Å². The number of aryl methyl sites for hydroxylation is 3. The van der Waals surface area contributed by atoms with Crippen molar-refractivity contribution < 1.29 is 19.1 Å². The molecule has 0 bridgehead atoms. The van der Waals surface area contributed by atoms with Crippen molar-refractivity contribution >= 4 is 40.4 Å². The molecule has 0 aromatic heterocycles. The summed E-state index contributed by atoms with van der Waals surface area (Å²) in [6.07, 6.45) is 1.49. The fraction of sp³-hybridized carbons (Fsp3) is 0.129. The zero-order valence-corrected chi connectivity index (χ0v) is 20.9. The standard InChI is InChI=1S/C31H26N2O4/c1-19-8-15-28(21(3)16-19)33-30(35)26(29(34)32-31(33)36)17-22-10-13-24(14-11-22)37-18-27-20(2)9-12-23-6-4-5-7-25(23)27/h4-17H,18H2,1-3H3,(H,32,34,36)/b26-17+. The maximum Gasteiger partial charge on any atom is 0.335 e. The number of fused-ring (bicyclic) bond motifs is 1. The highest BCUT2D eigenvalue weighted by atomic mass is 16.5. The number of nitrogens with one attached hydrogen (secondary N) is 1. The van der Waals surface area contributed by atoms with Gasteiger partial charge in [0.2, 0.25) is 0 Å². The van der Waals surface area contributed by atoms with Gasteiger partial charge < -0.3 is 4.74 Å². The summed E-state index contributed by atoms with van der Waals surface area (Å²) in [6.45, 7) is 6.24. The first-order chi connectivity index (χ1) is 17.8. The van der Waals surface area contributed by atoms with Crippen molar-refractivity contribution in [3.05, 3.63) is 112 Å². The van der Waals surface area contributed by atoms with Gasteiger partial charge >= 0.3 is 6.03 Å². The monoisotopic (exact) mass is 490 g/mol. The van der Waals surface area contributed by atoms with Crippen molar-refractivity contribution in [1.82, 2.24) is 5.32 Å². The van der Waals surface area contributed by atoms with E-state index in [1.54, 1.807) is 30.3 Å². The van der Waals surface area contributed by atoms with Gasteiger partial charge in [-0.3, -0.25) is 14.9 Å². The molecule has 4 amide bonds. The molecule has 4 aromatic carbocycles. The molecule has 37 heavy (non-hydrogen) atoms. The van der Waals surface area contributed by atoms with Gasteiger partial charge in [0.05, 0.1) is 5.69 Å². The van der Waals surface area contributed by atoms with Crippen molar-refractivity contribution in [1.29, 1.82) is 0 Å². The number of hydrogen-bond acceptors (Lipinski definition) is 4. The number of urea groups is 1. The molecule has 6 heteroatoms. The van der Waals surface area contributed by atoms with Crippen LogP contribution in [0.3, 0.4) is 0 Å². The number of anilines is 1. The quantitative estimate of drug-likeness (QED) is 0.275. The van der Waals surface area contributed by atoms with Crippen LogP contribution < -0.4 is 15.0 Å². The molecule has 0 radical (unpaired) electrons. The van der Waals surface area contributed by atoms with Gasteiger partial charge in [-0.1, -0.05) is 66.2 Å². The summed E-state index contributed by atoms with van der Waals surface area (Å²) < 4.78 is 6.06. The topological polar surface area (TPSA) is 75.7 Å². The molecule has 1 heterocycles. The predicted octanol–water partition coefficient (Wildman–Crippen LogP) is 6.01. The molecule has 0 saturated carbocycles.